The molecule has 2 heteroatoms. The fourth-order valence-electron chi connectivity index (χ4n) is 1.70. The number of benzene rings is 1. The molecule has 0 spiro atoms. The normalized spacial score (nSPS) is 21.1. The maximum Gasteiger partial charge on any atom is 0.0896 e. The van der Waals surface area contributed by atoms with Crippen LogP contribution in [0, 0.1) is 5.92 Å². The SMILES string of the molecule is CC(O)(c1ccc(N)cc1)C1CC1. The highest BCUT2D eigenvalue weighted by molar-refractivity contribution is 5.41. The van der Waals surface area contributed by atoms with Crippen molar-refractivity contribution in [1.82, 2.24) is 0 Å². The summed E-state index contributed by atoms with van der Waals surface area (Å²) >= 11 is 0. The third kappa shape index (κ3) is 1.54. The lowest BCUT2D eigenvalue weighted by Crippen LogP contribution is -2.23. The lowest BCUT2D eigenvalue weighted by Gasteiger charge is -2.23. The van der Waals surface area contributed by atoms with Crippen LogP contribution >= 0.6 is 0 Å². The second-order valence-corrected chi connectivity index (χ2v) is 4.04. The van der Waals surface area contributed by atoms with Crippen molar-refractivity contribution < 1.29 is 5.11 Å². The number of nitrogen functional groups attached to an aromatic ring is 1. The number of anilines is 1. The lowest BCUT2D eigenvalue weighted by molar-refractivity contribution is 0.0331. The number of hydrogen-bond donors (Lipinski definition) is 2. The van der Waals surface area contributed by atoms with E-state index in [1.165, 1.54) is 0 Å². The molecule has 0 amide bonds. The van der Waals surface area contributed by atoms with E-state index in [1.807, 2.05) is 31.2 Å². The van der Waals surface area contributed by atoms with Crippen molar-refractivity contribution in [2.75, 3.05) is 5.73 Å². The van der Waals surface area contributed by atoms with Crippen LogP contribution in [0.4, 0.5) is 5.69 Å². The van der Waals surface area contributed by atoms with Gasteiger partial charge in [-0.1, -0.05) is 12.1 Å². The molecule has 0 heterocycles. The second-order valence-electron chi connectivity index (χ2n) is 4.04. The molecule has 1 aliphatic rings. The molecule has 1 atom stereocenters. The molecule has 1 aromatic carbocycles. The number of hydrogen-bond acceptors (Lipinski definition) is 2. The minimum atomic E-state index is -0.659. The molecule has 70 valence electrons. The largest absolute Gasteiger partial charge is 0.399 e. The molecule has 0 aliphatic heterocycles. The molecule has 3 N–H and O–H groups in total. The maximum absolute atomic E-state index is 10.2. The first-order chi connectivity index (χ1) is 6.10. The molecule has 0 radical (unpaired) electrons. The number of aliphatic hydroxyl groups is 1. The first kappa shape index (κ1) is 8.57. The molecule has 1 aliphatic carbocycles. The summed E-state index contributed by atoms with van der Waals surface area (Å²) in [6, 6.07) is 7.50. The lowest BCUT2D eigenvalue weighted by atomic mass is 9.91. The zero-order valence-corrected chi connectivity index (χ0v) is 7.83. The van der Waals surface area contributed by atoms with Gasteiger partial charge in [-0.2, -0.15) is 0 Å². The van der Waals surface area contributed by atoms with Crippen LogP contribution in [0.5, 0.6) is 0 Å². The van der Waals surface area contributed by atoms with E-state index in [9.17, 15) is 5.11 Å². The summed E-state index contributed by atoms with van der Waals surface area (Å²) in [5.41, 5.74) is 6.64. The molecule has 2 nitrogen and oxygen atoms in total. The first-order valence-corrected chi connectivity index (χ1v) is 4.69. The van der Waals surface area contributed by atoms with E-state index in [1.54, 1.807) is 0 Å². The Bertz CT molecular complexity index is 298. The third-order valence-electron chi connectivity index (χ3n) is 2.87. The van der Waals surface area contributed by atoms with Crippen LogP contribution < -0.4 is 5.73 Å². The zero-order valence-electron chi connectivity index (χ0n) is 7.83. The van der Waals surface area contributed by atoms with E-state index in [4.69, 9.17) is 5.73 Å². The molecule has 0 saturated heterocycles. The standard InChI is InChI=1S/C11H15NO/c1-11(13,8-2-3-8)9-4-6-10(12)7-5-9/h4-8,13H,2-3,12H2,1H3. The van der Waals surface area contributed by atoms with Gasteiger partial charge in [-0.15, -0.1) is 0 Å². The van der Waals surface area contributed by atoms with Crippen molar-refractivity contribution in [3.05, 3.63) is 29.8 Å². The highest BCUT2D eigenvalue weighted by Gasteiger charge is 2.40. The minimum absolute atomic E-state index is 0.441. The van der Waals surface area contributed by atoms with Crippen molar-refractivity contribution in [3.8, 4) is 0 Å². The van der Waals surface area contributed by atoms with Gasteiger partial charge < -0.3 is 10.8 Å². The predicted molar refractivity (Wildman–Crippen MR) is 53.1 cm³/mol. The van der Waals surface area contributed by atoms with E-state index in [2.05, 4.69) is 0 Å². The third-order valence-corrected chi connectivity index (χ3v) is 2.87. The van der Waals surface area contributed by atoms with Crippen LogP contribution in [0.2, 0.25) is 0 Å². The second kappa shape index (κ2) is 2.74. The Balaban J connectivity index is 2.28. The molecule has 1 unspecified atom stereocenters. The summed E-state index contributed by atoms with van der Waals surface area (Å²) < 4.78 is 0. The Hall–Kier alpha value is -1.02. The average Bonchev–Trinajstić information content (AvgIpc) is 2.87. The van der Waals surface area contributed by atoms with Crippen LogP contribution in [0.3, 0.4) is 0 Å². The summed E-state index contributed by atoms with van der Waals surface area (Å²) in [6.07, 6.45) is 2.27. The highest BCUT2D eigenvalue weighted by Crippen LogP contribution is 2.45. The Labute approximate surface area is 78.4 Å². The van der Waals surface area contributed by atoms with Gasteiger partial charge >= 0.3 is 0 Å². The molecule has 1 saturated carbocycles. The van der Waals surface area contributed by atoms with Gasteiger partial charge in [-0.05, 0) is 43.4 Å². The van der Waals surface area contributed by atoms with Gasteiger partial charge in [0, 0.05) is 5.69 Å². The summed E-state index contributed by atoms with van der Waals surface area (Å²) in [5, 5.41) is 10.2. The first-order valence-electron chi connectivity index (χ1n) is 4.69. The van der Waals surface area contributed by atoms with Gasteiger partial charge in [0.15, 0.2) is 0 Å². The molecule has 0 aromatic heterocycles. The van der Waals surface area contributed by atoms with Crippen LogP contribution in [-0.4, -0.2) is 5.11 Å². The fraction of sp³-hybridized carbons (Fsp3) is 0.455. The minimum Gasteiger partial charge on any atom is -0.399 e. The number of rotatable bonds is 2. The van der Waals surface area contributed by atoms with E-state index in [-0.39, 0.29) is 0 Å². The van der Waals surface area contributed by atoms with Crippen LogP contribution in [0.15, 0.2) is 24.3 Å². The van der Waals surface area contributed by atoms with Gasteiger partial charge in [0.05, 0.1) is 5.60 Å². The summed E-state index contributed by atoms with van der Waals surface area (Å²) in [5.74, 6) is 0.441. The molecule has 13 heavy (non-hydrogen) atoms. The number of nitrogens with two attached hydrogens (primary N) is 1. The summed E-state index contributed by atoms with van der Waals surface area (Å²) in [7, 11) is 0. The smallest absolute Gasteiger partial charge is 0.0896 e. The molecule has 1 fully saturated rings. The van der Waals surface area contributed by atoms with E-state index < -0.39 is 5.60 Å². The topological polar surface area (TPSA) is 46.2 Å². The molecular formula is C11H15NO. The average molecular weight is 177 g/mol. The zero-order chi connectivity index (χ0) is 9.47. The molecule has 1 aromatic rings. The van der Waals surface area contributed by atoms with Gasteiger partial charge in [0.25, 0.3) is 0 Å². The Kier molecular flexibility index (Phi) is 1.81. The van der Waals surface area contributed by atoms with Gasteiger partial charge in [-0.25, -0.2) is 0 Å². The Morgan fingerprint density at radius 1 is 1.31 bits per heavy atom. The highest BCUT2D eigenvalue weighted by atomic mass is 16.3. The maximum atomic E-state index is 10.2. The molecular weight excluding hydrogens is 162 g/mol. The van der Waals surface area contributed by atoms with Crippen LogP contribution in [0.25, 0.3) is 0 Å². The van der Waals surface area contributed by atoms with E-state index in [0.29, 0.717) is 5.92 Å². The van der Waals surface area contributed by atoms with Gasteiger partial charge in [0.2, 0.25) is 0 Å². The van der Waals surface area contributed by atoms with Crippen molar-refractivity contribution in [3.63, 3.8) is 0 Å². The summed E-state index contributed by atoms with van der Waals surface area (Å²) in [6.45, 7) is 1.89. The van der Waals surface area contributed by atoms with Crippen molar-refractivity contribution in [2.45, 2.75) is 25.4 Å². The predicted octanol–water partition coefficient (Wildman–Crippen LogP) is 1.89. The van der Waals surface area contributed by atoms with Crippen LogP contribution in [0.1, 0.15) is 25.3 Å². The van der Waals surface area contributed by atoms with E-state index >= 15 is 0 Å². The molecule has 2 rings (SSSR count). The van der Waals surface area contributed by atoms with Crippen molar-refractivity contribution >= 4 is 5.69 Å². The Morgan fingerprint density at radius 3 is 2.31 bits per heavy atom. The monoisotopic (exact) mass is 177 g/mol. The Morgan fingerprint density at radius 2 is 1.85 bits per heavy atom. The van der Waals surface area contributed by atoms with Crippen molar-refractivity contribution in [1.29, 1.82) is 0 Å². The van der Waals surface area contributed by atoms with Crippen molar-refractivity contribution in [2.24, 2.45) is 5.92 Å². The molecule has 0 bridgehead atoms. The van der Waals surface area contributed by atoms with Gasteiger partial charge in [-0.3, -0.25) is 0 Å². The summed E-state index contributed by atoms with van der Waals surface area (Å²) in [4.78, 5) is 0. The van der Waals surface area contributed by atoms with Crippen LogP contribution in [-0.2, 0) is 5.60 Å². The quantitative estimate of drug-likeness (QED) is 0.677. The fourth-order valence-corrected chi connectivity index (χ4v) is 1.70. The van der Waals surface area contributed by atoms with Gasteiger partial charge in [0.1, 0.15) is 0 Å². The van der Waals surface area contributed by atoms with E-state index in [0.717, 1.165) is 24.1 Å².